The summed E-state index contributed by atoms with van der Waals surface area (Å²) in [4.78, 5) is 8.56. The molecule has 6 heteroatoms. The second-order valence-electron chi connectivity index (χ2n) is 1.19. The number of alkyl halides is 3. The maximum absolute atomic E-state index is 11.1. The van der Waals surface area contributed by atoms with Crippen molar-refractivity contribution in [3.63, 3.8) is 0 Å². The predicted molar refractivity (Wildman–Crippen MR) is 27.5 cm³/mol. The summed E-state index contributed by atoms with van der Waals surface area (Å²) in [5.41, 5.74) is 0. The van der Waals surface area contributed by atoms with Gasteiger partial charge >= 0.3 is 6.16 Å². The summed E-state index contributed by atoms with van der Waals surface area (Å²) in [6.07, 6.45) is -3.73. The standard InChI is InChI=1S/C3H5F3.CH2O3/c4-1-3(6)2-5;2-1(3)4/h3H,1-2H2;(H2,2,3,4). The van der Waals surface area contributed by atoms with Gasteiger partial charge in [0, 0.05) is 0 Å². The van der Waals surface area contributed by atoms with Crippen molar-refractivity contribution in [1.29, 1.82) is 0 Å². The van der Waals surface area contributed by atoms with E-state index >= 15 is 0 Å². The molecule has 0 aromatic carbocycles. The summed E-state index contributed by atoms with van der Waals surface area (Å²) in [7, 11) is 0. The monoisotopic (exact) mass is 160 g/mol. The summed E-state index contributed by atoms with van der Waals surface area (Å²) >= 11 is 0. The molecule has 0 amide bonds. The Kier molecular flexibility index (Phi) is 9.52. The minimum absolute atomic E-state index is 1.21. The Labute approximate surface area is 55.1 Å². The van der Waals surface area contributed by atoms with Gasteiger partial charge in [-0.05, 0) is 0 Å². The summed E-state index contributed by atoms with van der Waals surface area (Å²) in [6.45, 7) is -2.42. The van der Waals surface area contributed by atoms with E-state index in [4.69, 9.17) is 15.0 Å². The van der Waals surface area contributed by atoms with Crippen LogP contribution in [0.5, 0.6) is 0 Å². The van der Waals surface area contributed by atoms with Gasteiger partial charge in [0.05, 0.1) is 0 Å². The maximum Gasteiger partial charge on any atom is 0.503 e. The molecule has 62 valence electrons. The maximum atomic E-state index is 11.1. The number of rotatable bonds is 2. The van der Waals surface area contributed by atoms with Crippen LogP contribution in [-0.4, -0.2) is 35.9 Å². The van der Waals surface area contributed by atoms with E-state index in [-0.39, 0.29) is 0 Å². The zero-order chi connectivity index (χ0) is 8.57. The van der Waals surface area contributed by atoms with Crippen LogP contribution in [0.3, 0.4) is 0 Å². The molecule has 0 heterocycles. The highest BCUT2D eigenvalue weighted by Crippen LogP contribution is 1.89. The number of hydrogen-bond donors (Lipinski definition) is 2. The molecule has 10 heavy (non-hydrogen) atoms. The van der Waals surface area contributed by atoms with Crippen molar-refractivity contribution in [2.45, 2.75) is 6.17 Å². The Balaban J connectivity index is 0. The second-order valence-corrected chi connectivity index (χ2v) is 1.19. The molecule has 3 nitrogen and oxygen atoms in total. The van der Waals surface area contributed by atoms with E-state index in [0.717, 1.165) is 0 Å². The third-order valence-corrected chi connectivity index (χ3v) is 0.335. The smallest absolute Gasteiger partial charge is 0.450 e. The molecule has 0 aromatic heterocycles. The van der Waals surface area contributed by atoms with Gasteiger partial charge in [-0.3, -0.25) is 0 Å². The fraction of sp³-hybridized carbons (Fsp3) is 0.750. The summed E-state index contributed by atoms with van der Waals surface area (Å²) in [6, 6.07) is 0. The molecule has 0 unspecified atom stereocenters. The van der Waals surface area contributed by atoms with Crippen LogP contribution in [0.1, 0.15) is 0 Å². The first kappa shape index (κ1) is 11.8. The van der Waals surface area contributed by atoms with Crippen LogP contribution in [-0.2, 0) is 0 Å². The molecule has 0 aliphatic heterocycles. The molecule has 0 saturated carbocycles. The third-order valence-electron chi connectivity index (χ3n) is 0.335. The van der Waals surface area contributed by atoms with Crippen molar-refractivity contribution in [2.75, 3.05) is 13.3 Å². The van der Waals surface area contributed by atoms with Gasteiger partial charge in [-0.15, -0.1) is 0 Å². The van der Waals surface area contributed by atoms with Crippen LogP contribution in [0.25, 0.3) is 0 Å². The molecule has 0 atom stereocenters. The lowest BCUT2D eigenvalue weighted by molar-refractivity contribution is 0.137. The van der Waals surface area contributed by atoms with E-state index < -0.39 is 25.7 Å². The van der Waals surface area contributed by atoms with Gasteiger partial charge in [-0.2, -0.15) is 0 Å². The van der Waals surface area contributed by atoms with Crippen molar-refractivity contribution in [3.8, 4) is 0 Å². The number of halogens is 3. The van der Waals surface area contributed by atoms with E-state index in [1.165, 1.54) is 0 Å². The normalized spacial score (nSPS) is 8.40. The van der Waals surface area contributed by atoms with Crippen molar-refractivity contribution < 1.29 is 28.2 Å². The number of carbonyl (C=O) groups is 1. The van der Waals surface area contributed by atoms with Crippen LogP contribution in [0.4, 0.5) is 18.0 Å². The molecule has 0 bridgehead atoms. The minimum Gasteiger partial charge on any atom is -0.450 e. The van der Waals surface area contributed by atoms with Crippen molar-refractivity contribution in [3.05, 3.63) is 0 Å². The van der Waals surface area contributed by atoms with Crippen LogP contribution in [0, 0.1) is 0 Å². The topological polar surface area (TPSA) is 57.5 Å². The van der Waals surface area contributed by atoms with E-state index in [2.05, 4.69) is 0 Å². The van der Waals surface area contributed by atoms with Crippen LogP contribution in [0.15, 0.2) is 0 Å². The van der Waals surface area contributed by atoms with E-state index in [9.17, 15) is 13.2 Å². The van der Waals surface area contributed by atoms with Crippen LogP contribution >= 0.6 is 0 Å². The van der Waals surface area contributed by atoms with Gasteiger partial charge in [-0.25, -0.2) is 18.0 Å². The van der Waals surface area contributed by atoms with Gasteiger partial charge < -0.3 is 10.2 Å². The molecule has 0 rings (SSSR count). The average molecular weight is 160 g/mol. The first-order valence-corrected chi connectivity index (χ1v) is 2.22. The Morgan fingerprint density at radius 1 is 1.30 bits per heavy atom. The fourth-order valence-electron chi connectivity index (χ4n) is 0.0412. The Morgan fingerprint density at radius 2 is 1.50 bits per heavy atom. The van der Waals surface area contributed by atoms with Crippen molar-refractivity contribution >= 4 is 6.16 Å². The molecule has 2 N–H and O–H groups in total. The van der Waals surface area contributed by atoms with Crippen molar-refractivity contribution in [1.82, 2.24) is 0 Å². The third kappa shape index (κ3) is 27.7. The van der Waals surface area contributed by atoms with Gasteiger partial charge in [0.2, 0.25) is 0 Å². The molecule has 0 aromatic rings. The molecule has 0 radical (unpaired) electrons. The van der Waals surface area contributed by atoms with Crippen LogP contribution in [0.2, 0.25) is 0 Å². The fourth-order valence-corrected chi connectivity index (χ4v) is 0.0412. The zero-order valence-electron chi connectivity index (χ0n) is 4.93. The highest BCUT2D eigenvalue weighted by atomic mass is 19.2. The minimum atomic E-state index is -1.90. The first-order chi connectivity index (χ1) is 4.54. The molecule has 0 fully saturated rings. The lowest BCUT2D eigenvalue weighted by Gasteiger charge is -1.88. The van der Waals surface area contributed by atoms with Gasteiger partial charge in [0.1, 0.15) is 13.3 Å². The highest BCUT2D eigenvalue weighted by Gasteiger charge is 2.00. The molecular formula is C4H7F3O3. The lowest BCUT2D eigenvalue weighted by Crippen LogP contribution is -2.03. The second kappa shape index (κ2) is 8.06. The molecule has 0 aliphatic carbocycles. The lowest BCUT2D eigenvalue weighted by atomic mass is 10.5. The zero-order valence-corrected chi connectivity index (χ0v) is 4.93. The van der Waals surface area contributed by atoms with Crippen molar-refractivity contribution in [2.24, 2.45) is 0 Å². The number of carboxylic acid groups (broad SMARTS) is 2. The molecule has 0 spiro atoms. The first-order valence-electron chi connectivity index (χ1n) is 2.22. The Hall–Kier alpha value is -0.940. The summed E-state index contributed by atoms with van der Waals surface area (Å²) in [5.74, 6) is 0. The van der Waals surface area contributed by atoms with E-state index in [0.29, 0.717) is 0 Å². The molecule has 0 aliphatic rings. The summed E-state index contributed by atoms with van der Waals surface area (Å²) < 4.78 is 32.7. The quantitative estimate of drug-likeness (QED) is 0.643. The van der Waals surface area contributed by atoms with E-state index in [1.54, 1.807) is 0 Å². The average Bonchev–Trinajstić information content (AvgIpc) is 1.85. The van der Waals surface area contributed by atoms with Crippen LogP contribution < -0.4 is 0 Å². The van der Waals surface area contributed by atoms with Gasteiger partial charge in [0.25, 0.3) is 0 Å². The number of hydrogen-bond acceptors (Lipinski definition) is 1. The predicted octanol–water partition coefficient (Wildman–Crippen LogP) is 1.49. The SMILES string of the molecule is FCC(F)CF.O=C(O)O. The van der Waals surface area contributed by atoms with Gasteiger partial charge in [-0.1, -0.05) is 0 Å². The summed E-state index contributed by atoms with van der Waals surface area (Å²) in [5, 5.41) is 13.9. The largest absolute Gasteiger partial charge is 0.503 e. The Bertz CT molecular complexity index is 79.8. The van der Waals surface area contributed by atoms with Gasteiger partial charge in [0.15, 0.2) is 6.17 Å². The molecule has 0 saturated heterocycles. The Morgan fingerprint density at radius 3 is 1.50 bits per heavy atom. The van der Waals surface area contributed by atoms with E-state index in [1.807, 2.05) is 0 Å². The highest BCUT2D eigenvalue weighted by molar-refractivity contribution is 5.53. The molecular weight excluding hydrogens is 153 g/mol.